The summed E-state index contributed by atoms with van der Waals surface area (Å²) in [4.78, 5) is 37.1. The van der Waals surface area contributed by atoms with Crippen LogP contribution in [0.4, 0.5) is 11.4 Å². The van der Waals surface area contributed by atoms with Gasteiger partial charge in [0.1, 0.15) is 0 Å². The van der Waals surface area contributed by atoms with Crippen LogP contribution in [-0.4, -0.2) is 36.2 Å². The summed E-state index contributed by atoms with van der Waals surface area (Å²) in [5.74, 6) is -0.814. The van der Waals surface area contributed by atoms with Crippen molar-refractivity contribution in [1.82, 2.24) is 4.90 Å². The van der Waals surface area contributed by atoms with E-state index in [2.05, 4.69) is 10.6 Å². The summed E-state index contributed by atoms with van der Waals surface area (Å²) in [6.07, 6.45) is 0.832. The first-order chi connectivity index (χ1) is 12.0. The van der Waals surface area contributed by atoms with Crippen molar-refractivity contribution < 1.29 is 14.4 Å². The Balaban J connectivity index is 1.66. The first-order valence-corrected chi connectivity index (χ1v) is 8.09. The lowest BCUT2D eigenvalue weighted by atomic mass is 10.1. The minimum absolute atomic E-state index is 0.0643. The molecule has 2 aromatic rings. The fourth-order valence-corrected chi connectivity index (χ4v) is 2.80. The van der Waals surface area contributed by atoms with Crippen molar-refractivity contribution in [2.45, 2.75) is 13.3 Å². The Morgan fingerprint density at radius 2 is 1.76 bits per heavy atom. The van der Waals surface area contributed by atoms with Gasteiger partial charge in [-0.1, -0.05) is 25.1 Å². The van der Waals surface area contributed by atoms with E-state index in [0.717, 1.165) is 22.6 Å². The lowest BCUT2D eigenvalue weighted by Crippen LogP contribution is -2.24. The van der Waals surface area contributed by atoms with Crippen molar-refractivity contribution in [1.29, 1.82) is 0 Å². The van der Waals surface area contributed by atoms with Gasteiger partial charge in [-0.25, -0.2) is 0 Å². The Kier molecular flexibility index (Phi) is 4.52. The third-order valence-corrected chi connectivity index (χ3v) is 4.22. The Bertz CT molecular complexity index is 861. The molecule has 3 rings (SSSR count). The van der Waals surface area contributed by atoms with Crippen LogP contribution in [0.15, 0.2) is 42.5 Å². The van der Waals surface area contributed by atoms with Crippen LogP contribution < -0.4 is 10.6 Å². The molecule has 0 fully saturated rings. The molecule has 128 valence electrons. The van der Waals surface area contributed by atoms with Gasteiger partial charge in [-0.3, -0.25) is 19.3 Å². The lowest BCUT2D eigenvalue weighted by Gasteiger charge is -2.11. The number of amides is 3. The van der Waals surface area contributed by atoms with Crippen LogP contribution in [0.5, 0.6) is 0 Å². The van der Waals surface area contributed by atoms with Crippen LogP contribution in [0.2, 0.25) is 0 Å². The molecule has 2 N–H and O–H groups in total. The molecule has 1 aliphatic heterocycles. The molecule has 0 aliphatic carbocycles. The molecular weight excluding hydrogens is 318 g/mol. The van der Waals surface area contributed by atoms with Crippen molar-refractivity contribution in [3.63, 3.8) is 0 Å². The number of benzene rings is 2. The summed E-state index contributed by atoms with van der Waals surface area (Å²) in [6.45, 7) is 2.10. The monoisotopic (exact) mass is 337 g/mol. The molecule has 0 atom stereocenters. The summed E-state index contributed by atoms with van der Waals surface area (Å²) < 4.78 is 0. The highest BCUT2D eigenvalue weighted by atomic mass is 16.2. The molecule has 2 aromatic carbocycles. The minimum atomic E-state index is -0.329. The Labute approximate surface area is 145 Å². The number of fused-ring (bicyclic) bond motifs is 1. The minimum Gasteiger partial charge on any atom is -0.376 e. The second kappa shape index (κ2) is 6.76. The van der Waals surface area contributed by atoms with Gasteiger partial charge in [0.2, 0.25) is 5.91 Å². The predicted molar refractivity (Wildman–Crippen MR) is 95.8 cm³/mol. The number of nitrogens with zero attached hydrogens (tertiary/aromatic N) is 1. The van der Waals surface area contributed by atoms with E-state index in [-0.39, 0.29) is 24.3 Å². The number of hydrogen-bond acceptors (Lipinski definition) is 4. The van der Waals surface area contributed by atoms with Crippen molar-refractivity contribution in [2.24, 2.45) is 0 Å². The van der Waals surface area contributed by atoms with Gasteiger partial charge >= 0.3 is 0 Å². The van der Waals surface area contributed by atoms with Crippen LogP contribution in [0.3, 0.4) is 0 Å². The van der Waals surface area contributed by atoms with Gasteiger partial charge in [0.25, 0.3) is 11.8 Å². The SMILES string of the molecule is CCc1ccccc1NC(=O)CNc1ccc2c(c1)C(=O)N(C)C2=O. The predicted octanol–water partition coefficient (Wildman–Crippen LogP) is 2.53. The average Bonchev–Trinajstić information content (AvgIpc) is 2.84. The molecule has 0 saturated heterocycles. The van der Waals surface area contributed by atoms with Crippen molar-refractivity contribution in [3.05, 3.63) is 59.2 Å². The van der Waals surface area contributed by atoms with Crippen molar-refractivity contribution in [2.75, 3.05) is 24.2 Å². The van der Waals surface area contributed by atoms with E-state index in [1.54, 1.807) is 18.2 Å². The number of carbonyl (C=O) groups is 3. The Morgan fingerprint density at radius 3 is 2.52 bits per heavy atom. The number of anilines is 2. The molecule has 0 bridgehead atoms. The maximum absolute atomic E-state index is 12.2. The molecule has 1 aliphatic rings. The molecule has 6 heteroatoms. The molecule has 0 unspecified atom stereocenters. The summed E-state index contributed by atoms with van der Waals surface area (Å²) in [7, 11) is 1.45. The zero-order chi connectivity index (χ0) is 18.0. The van der Waals surface area contributed by atoms with E-state index in [0.29, 0.717) is 16.8 Å². The van der Waals surface area contributed by atoms with Crippen molar-refractivity contribution >= 4 is 29.1 Å². The second-order valence-corrected chi connectivity index (χ2v) is 5.84. The zero-order valence-electron chi connectivity index (χ0n) is 14.1. The van der Waals surface area contributed by atoms with Gasteiger partial charge in [-0.2, -0.15) is 0 Å². The summed E-state index contributed by atoms with van der Waals surface area (Å²) in [5, 5.41) is 5.86. The average molecular weight is 337 g/mol. The number of aryl methyl sites for hydroxylation is 1. The smallest absolute Gasteiger partial charge is 0.261 e. The second-order valence-electron chi connectivity index (χ2n) is 5.84. The molecule has 0 radical (unpaired) electrons. The first-order valence-electron chi connectivity index (χ1n) is 8.09. The molecule has 6 nitrogen and oxygen atoms in total. The third kappa shape index (κ3) is 3.24. The van der Waals surface area contributed by atoms with E-state index >= 15 is 0 Å². The van der Waals surface area contributed by atoms with Crippen LogP contribution >= 0.6 is 0 Å². The van der Waals surface area contributed by atoms with Crippen LogP contribution in [0.1, 0.15) is 33.2 Å². The first kappa shape index (κ1) is 16.7. The van der Waals surface area contributed by atoms with E-state index < -0.39 is 0 Å². The number of imide groups is 1. The van der Waals surface area contributed by atoms with Crippen molar-refractivity contribution in [3.8, 4) is 0 Å². The molecule has 0 aromatic heterocycles. The van der Waals surface area contributed by atoms with Gasteiger partial charge in [0, 0.05) is 18.4 Å². The highest BCUT2D eigenvalue weighted by Crippen LogP contribution is 2.24. The van der Waals surface area contributed by atoms with E-state index in [1.807, 2.05) is 31.2 Å². The molecule has 3 amide bonds. The van der Waals surface area contributed by atoms with Gasteiger partial charge in [-0.15, -0.1) is 0 Å². The summed E-state index contributed by atoms with van der Waals surface area (Å²) in [5.41, 5.74) is 3.23. The number of hydrogen-bond donors (Lipinski definition) is 2. The molecule has 25 heavy (non-hydrogen) atoms. The van der Waals surface area contributed by atoms with E-state index in [1.165, 1.54) is 7.05 Å². The molecule has 0 spiro atoms. The fourth-order valence-electron chi connectivity index (χ4n) is 2.80. The van der Waals surface area contributed by atoms with Crippen LogP contribution in [-0.2, 0) is 11.2 Å². The third-order valence-electron chi connectivity index (χ3n) is 4.22. The standard InChI is InChI=1S/C19H19N3O3/c1-3-12-6-4-5-7-16(12)21-17(23)11-20-13-8-9-14-15(10-13)19(25)22(2)18(14)24/h4-10,20H,3,11H2,1-2H3,(H,21,23). The zero-order valence-corrected chi connectivity index (χ0v) is 14.1. The van der Waals surface area contributed by atoms with Gasteiger partial charge in [0.05, 0.1) is 17.7 Å². The number of para-hydroxylation sites is 1. The topological polar surface area (TPSA) is 78.5 Å². The lowest BCUT2D eigenvalue weighted by molar-refractivity contribution is -0.114. The normalized spacial score (nSPS) is 13.0. The van der Waals surface area contributed by atoms with Gasteiger partial charge in [-0.05, 0) is 36.2 Å². The summed E-state index contributed by atoms with van der Waals surface area (Å²) >= 11 is 0. The van der Waals surface area contributed by atoms with Gasteiger partial charge < -0.3 is 10.6 Å². The maximum Gasteiger partial charge on any atom is 0.261 e. The Hall–Kier alpha value is -3.15. The molecule has 0 saturated carbocycles. The molecule has 1 heterocycles. The number of rotatable bonds is 5. The van der Waals surface area contributed by atoms with E-state index in [4.69, 9.17) is 0 Å². The largest absolute Gasteiger partial charge is 0.376 e. The number of carbonyl (C=O) groups excluding carboxylic acids is 3. The number of nitrogens with one attached hydrogen (secondary N) is 2. The van der Waals surface area contributed by atoms with Gasteiger partial charge in [0.15, 0.2) is 0 Å². The quantitative estimate of drug-likeness (QED) is 0.822. The van der Waals surface area contributed by atoms with Crippen LogP contribution in [0.25, 0.3) is 0 Å². The van der Waals surface area contributed by atoms with Crippen LogP contribution in [0, 0.1) is 0 Å². The highest BCUT2D eigenvalue weighted by molar-refractivity contribution is 6.21. The maximum atomic E-state index is 12.2. The highest BCUT2D eigenvalue weighted by Gasteiger charge is 2.32. The van der Waals surface area contributed by atoms with E-state index in [9.17, 15) is 14.4 Å². The fraction of sp³-hybridized carbons (Fsp3) is 0.211. The molecular formula is C19H19N3O3. The summed E-state index contributed by atoms with van der Waals surface area (Å²) in [6, 6.07) is 12.6. The Morgan fingerprint density at radius 1 is 1.04 bits per heavy atom.